The Balaban J connectivity index is 1.96. The molecule has 6 heteroatoms. The minimum absolute atomic E-state index is 0.413. The topological polar surface area (TPSA) is 79.6 Å². The third-order valence-corrected chi connectivity index (χ3v) is 2.97. The highest BCUT2D eigenvalue weighted by Gasteiger charge is 2.16. The first-order valence-electron chi connectivity index (χ1n) is 5.69. The van der Waals surface area contributed by atoms with Crippen LogP contribution in [0.15, 0.2) is 30.6 Å². The lowest BCUT2D eigenvalue weighted by Crippen LogP contribution is -2.05. The Morgan fingerprint density at radius 2 is 2.22 bits per heavy atom. The summed E-state index contributed by atoms with van der Waals surface area (Å²) < 4.78 is 1.82. The molecule has 3 rings (SSSR count). The van der Waals surface area contributed by atoms with Crippen LogP contribution in [0, 0.1) is 0 Å². The van der Waals surface area contributed by atoms with E-state index in [0.717, 1.165) is 16.6 Å². The fraction of sp³-hybridized carbons (Fsp3) is 0.250. The second-order valence-corrected chi connectivity index (χ2v) is 4.18. The molecule has 3 aromatic rings. The molecule has 0 fully saturated rings. The lowest BCUT2D eigenvalue weighted by Gasteiger charge is -2.04. The maximum absolute atomic E-state index is 10.0. The van der Waals surface area contributed by atoms with Gasteiger partial charge in [0.25, 0.3) is 0 Å². The quantitative estimate of drug-likeness (QED) is 0.718. The van der Waals surface area contributed by atoms with E-state index in [1.807, 2.05) is 36.0 Å². The summed E-state index contributed by atoms with van der Waals surface area (Å²) >= 11 is 0. The summed E-state index contributed by atoms with van der Waals surface area (Å²) in [6.45, 7) is 0. The molecule has 1 unspecified atom stereocenters. The van der Waals surface area contributed by atoms with E-state index in [0.29, 0.717) is 12.2 Å². The molecular formula is C12H13N5O. The first kappa shape index (κ1) is 10.9. The zero-order valence-electron chi connectivity index (χ0n) is 9.91. The summed E-state index contributed by atoms with van der Waals surface area (Å²) in [6.07, 6.45) is 1.08. The fourth-order valence-electron chi connectivity index (χ4n) is 2.09. The first-order chi connectivity index (χ1) is 8.75. The number of fused-ring (bicyclic) bond motifs is 1. The predicted octanol–water partition coefficient (Wildman–Crippen LogP) is 0.967. The summed E-state index contributed by atoms with van der Waals surface area (Å²) in [4.78, 5) is 3.95. The Kier molecular flexibility index (Phi) is 2.56. The zero-order valence-corrected chi connectivity index (χ0v) is 9.91. The normalized spacial score (nSPS) is 13.0. The van der Waals surface area contributed by atoms with Crippen molar-refractivity contribution >= 4 is 10.9 Å². The van der Waals surface area contributed by atoms with Gasteiger partial charge in [-0.1, -0.05) is 18.2 Å². The summed E-state index contributed by atoms with van der Waals surface area (Å²) in [6, 6.07) is 7.95. The Bertz CT molecular complexity index is 658. The number of aliphatic hydroxyl groups excluding tert-OH is 1. The van der Waals surface area contributed by atoms with Crippen molar-refractivity contribution < 1.29 is 5.11 Å². The molecule has 0 saturated carbocycles. The SMILES string of the molecule is Cn1nc(CC(O)c2ncn[nH]2)c2ccccc21. The van der Waals surface area contributed by atoms with E-state index >= 15 is 0 Å². The summed E-state index contributed by atoms with van der Waals surface area (Å²) in [5.74, 6) is 0.463. The van der Waals surface area contributed by atoms with Gasteiger partial charge in [0.2, 0.25) is 0 Å². The number of hydrogen-bond donors (Lipinski definition) is 2. The van der Waals surface area contributed by atoms with Crippen molar-refractivity contribution in [2.24, 2.45) is 7.05 Å². The number of benzene rings is 1. The molecule has 18 heavy (non-hydrogen) atoms. The Morgan fingerprint density at radius 1 is 1.39 bits per heavy atom. The van der Waals surface area contributed by atoms with Crippen molar-refractivity contribution in [3.05, 3.63) is 42.1 Å². The number of para-hydroxylation sites is 1. The van der Waals surface area contributed by atoms with Crippen molar-refractivity contribution in [3.8, 4) is 0 Å². The molecule has 0 aliphatic rings. The molecule has 2 aromatic heterocycles. The second-order valence-electron chi connectivity index (χ2n) is 4.18. The molecule has 0 aliphatic heterocycles. The molecule has 2 heterocycles. The molecule has 0 aliphatic carbocycles. The number of aromatic amines is 1. The fourth-order valence-corrected chi connectivity index (χ4v) is 2.09. The standard InChI is InChI=1S/C12H13N5O/c1-17-10-5-3-2-4-8(10)9(16-17)6-11(18)12-13-7-14-15-12/h2-5,7,11,18H,6H2,1H3,(H,13,14,15). The molecule has 92 valence electrons. The maximum atomic E-state index is 10.0. The van der Waals surface area contributed by atoms with Gasteiger partial charge in [-0.15, -0.1) is 0 Å². The van der Waals surface area contributed by atoms with Crippen molar-refractivity contribution in [1.82, 2.24) is 25.0 Å². The third-order valence-electron chi connectivity index (χ3n) is 2.97. The first-order valence-corrected chi connectivity index (χ1v) is 5.69. The number of rotatable bonds is 3. The number of nitrogens with zero attached hydrogens (tertiary/aromatic N) is 4. The van der Waals surface area contributed by atoms with Gasteiger partial charge in [0, 0.05) is 18.9 Å². The number of aliphatic hydroxyl groups is 1. The lowest BCUT2D eigenvalue weighted by atomic mass is 10.1. The minimum atomic E-state index is -0.717. The van der Waals surface area contributed by atoms with Crippen molar-refractivity contribution in [3.63, 3.8) is 0 Å². The van der Waals surface area contributed by atoms with Crippen LogP contribution in [0.25, 0.3) is 10.9 Å². The van der Waals surface area contributed by atoms with Crippen LogP contribution in [0.3, 0.4) is 0 Å². The molecule has 6 nitrogen and oxygen atoms in total. The van der Waals surface area contributed by atoms with Crippen LogP contribution in [0.2, 0.25) is 0 Å². The summed E-state index contributed by atoms with van der Waals surface area (Å²) in [5, 5.41) is 21.9. The van der Waals surface area contributed by atoms with Gasteiger partial charge in [-0.2, -0.15) is 10.2 Å². The van der Waals surface area contributed by atoms with E-state index < -0.39 is 6.10 Å². The van der Waals surface area contributed by atoms with Gasteiger partial charge in [-0.25, -0.2) is 4.98 Å². The third kappa shape index (κ3) is 1.76. The monoisotopic (exact) mass is 243 g/mol. The van der Waals surface area contributed by atoms with Gasteiger partial charge in [-0.3, -0.25) is 9.78 Å². The average molecular weight is 243 g/mol. The van der Waals surface area contributed by atoms with Gasteiger partial charge in [0.1, 0.15) is 12.4 Å². The van der Waals surface area contributed by atoms with Crippen LogP contribution in [0.1, 0.15) is 17.6 Å². The molecule has 2 N–H and O–H groups in total. The Hall–Kier alpha value is -2.21. The van der Waals surface area contributed by atoms with E-state index in [9.17, 15) is 5.11 Å². The van der Waals surface area contributed by atoms with Crippen LogP contribution in [-0.4, -0.2) is 30.1 Å². The number of nitrogens with one attached hydrogen (secondary N) is 1. The van der Waals surface area contributed by atoms with Gasteiger partial charge in [0.15, 0.2) is 5.82 Å². The highest BCUT2D eigenvalue weighted by atomic mass is 16.3. The van der Waals surface area contributed by atoms with E-state index in [2.05, 4.69) is 20.3 Å². The Morgan fingerprint density at radius 3 is 3.00 bits per heavy atom. The van der Waals surface area contributed by atoms with Crippen LogP contribution in [0.5, 0.6) is 0 Å². The van der Waals surface area contributed by atoms with Gasteiger partial charge < -0.3 is 5.11 Å². The molecular weight excluding hydrogens is 230 g/mol. The number of H-pyrrole nitrogens is 1. The van der Waals surface area contributed by atoms with E-state index in [4.69, 9.17) is 0 Å². The molecule has 0 amide bonds. The summed E-state index contributed by atoms with van der Waals surface area (Å²) in [7, 11) is 1.90. The van der Waals surface area contributed by atoms with Crippen LogP contribution in [-0.2, 0) is 13.5 Å². The van der Waals surface area contributed by atoms with Crippen LogP contribution in [0.4, 0.5) is 0 Å². The summed E-state index contributed by atoms with van der Waals surface area (Å²) in [5.41, 5.74) is 1.91. The highest BCUT2D eigenvalue weighted by Crippen LogP contribution is 2.21. The van der Waals surface area contributed by atoms with Gasteiger partial charge in [0.05, 0.1) is 11.2 Å². The van der Waals surface area contributed by atoms with E-state index in [1.54, 1.807) is 0 Å². The van der Waals surface area contributed by atoms with E-state index in [-0.39, 0.29) is 0 Å². The number of aromatic nitrogens is 5. The van der Waals surface area contributed by atoms with Crippen molar-refractivity contribution in [2.75, 3.05) is 0 Å². The predicted molar refractivity (Wildman–Crippen MR) is 65.8 cm³/mol. The molecule has 0 radical (unpaired) electrons. The molecule has 1 aromatic carbocycles. The van der Waals surface area contributed by atoms with Gasteiger partial charge >= 0.3 is 0 Å². The average Bonchev–Trinajstić information content (AvgIpc) is 3.00. The molecule has 0 spiro atoms. The van der Waals surface area contributed by atoms with Crippen molar-refractivity contribution in [2.45, 2.75) is 12.5 Å². The number of hydrogen-bond acceptors (Lipinski definition) is 4. The number of aryl methyl sites for hydroxylation is 1. The molecule has 0 saturated heterocycles. The lowest BCUT2D eigenvalue weighted by molar-refractivity contribution is 0.167. The Labute approximate surface area is 103 Å². The smallest absolute Gasteiger partial charge is 0.153 e. The second kappa shape index (κ2) is 4.23. The minimum Gasteiger partial charge on any atom is -0.385 e. The van der Waals surface area contributed by atoms with Crippen LogP contribution < -0.4 is 0 Å². The highest BCUT2D eigenvalue weighted by molar-refractivity contribution is 5.81. The maximum Gasteiger partial charge on any atom is 0.153 e. The van der Waals surface area contributed by atoms with Gasteiger partial charge in [-0.05, 0) is 6.07 Å². The largest absolute Gasteiger partial charge is 0.385 e. The van der Waals surface area contributed by atoms with Crippen LogP contribution >= 0.6 is 0 Å². The molecule has 0 bridgehead atoms. The van der Waals surface area contributed by atoms with E-state index in [1.165, 1.54) is 6.33 Å². The van der Waals surface area contributed by atoms with Crippen molar-refractivity contribution in [1.29, 1.82) is 0 Å². The zero-order chi connectivity index (χ0) is 12.5. The molecule has 1 atom stereocenters.